The minimum atomic E-state index is 0.700. The zero-order valence-electron chi connectivity index (χ0n) is 18.4. The van der Waals surface area contributed by atoms with Crippen molar-refractivity contribution in [1.82, 2.24) is 0 Å². The summed E-state index contributed by atoms with van der Waals surface area (Å²) in [5, 5.41) is 9.52. The molecule has 0 atom stereocenters. The highest BCUT2D eigenvalue weighted by Gasteiger charge is 2.21. The monoisotopic (exact) mass is 436 g/mol. The molecule has 0 spiro atoms. The molecule has 7 aromatic carbocycles. The van der Waals surface area contributed by atoms with E-state index in [-0.39, 0.29) is 0 Å². The lowest BCUT2D eigenvalue weighted by molar-refractivity contribution is 0.423. The lowest BCUT2D eigenvalue weighted by atomic mass is 9.89. The Morgan fingerprint density at radius 2 is 0.941 bits per heavy atom. The molecule has 0 bridgehead atoms. The van der Waals surface area contributed by atoms with Gasteiger partial charge in [0.25, 0.3) is 0 Å². The summed E-state index contributed by atoms with van der Waals surface area (Å²) in [6.07, 6.45) is 0. The molecule has 0 fully saturated rings. The first kappa shape index (κ1) is 19.0. The van der Waals surface area contributed by atoms with Crippen LogP contribution in [0.15, 0.2) is 121 Å². The van der Waals surface area contributed by atoms with Crippen molar-refractivity contribution in [3.05, 3.63) is 121 Å². The van der Waals surface area contributed by atoms with Gasteiger partial charge in [0.1, 0.15) is 11.5 Å². The van der Waals surface area contributed by atoms with Crippen LogP contribution in [0.4, 0.5) is 0 Å². The summed E-state index contributed by atoms with van der Waals surface area (Å²) in [6.45, 7) is 0. The van der Waals surface area contributed by atoms with Crippen LogP contribution in [0.25, 0.3) is 43.1 Å². The van der Waals surface area contributed by atoms with E-state index >= 15 is 0 Å². The lowest BCUT2D eigenvalue weighted by Crippen LogP contribution is -1.95. The number of para-hydroxylation sites is 2. The van der Waals surface area contributed by atoms with Crippen LogP contribution >= 0.6 is 0 Å². The molecule has 34 heavy (non-hydrogen) atoms. The summed E-state index contributed by atoms with van der Waals surface area (Å²) in [6, 6.07) is 41.4. The topological polar surface area (TPSA) is 18.5 Å². The Kier molecular flexibility index (Phi) is 4.18. The van der Waals surface area contributed by atoms with Crippen molar-refractivity contribution in [3.63, 3.8) is 0 Å². The van der Waals surface area contributed by atoms with E-state index in [2.05, 4.69) is 60.7 Å². The Morgan fingerprint density at radius 1 is 0.382 bits per heavy atom. The molecule has 0 aromatic heterocycles. The van der Waals surface area contributed by atoms with Crippen LogP contribution in [0.2, 0.25) is 0 Å². The van der Waals surface area contributed by atoms with Crippen molar-refractivity contribution in [1.29, 1.82) is 0 Å². The van der Waals surface area contributed by atoms with Crippen LogP contribution in [0.5, 0.6) is 23.0 Å². The van der Waals surface area contributed by atoms with Crippen LogP contribution in [-0.2, 0) is 0 Å². The van der Waals surface area contributed by atoms with E-state index < -0.39 is 0 Å². The highest BCUT2D eigenvalue weighted by Crippen LogP contribution is 2.49. The zero-order chi connectivity index (χ0) is 22.5. The predicted molar refractivity (Wildman–Crippen MR) is 141 cm³/mol. The van der Waals surface area contributed by atoms with Gasteiger partial charge in [0.15, 0.2) is 11.5 Å². The maximum atomic E-state index is 6.62. The Bertz CT molecular complexity index is 1780. The Balaban J connectivity index is 1.65. The predicted octanol–water partition coefficient (Wildman–Crippen LogP) is 9.32. The number of rotatable bonds is 4. The Hall–Kier alpha value is -4.56. The molecular formula is C32H20O2. The van der Waals surface area contributed by atoms with Gasteiger partial charge in [-0.3, -0.25) is 0 Å². The molecule has 0 N–H and O–H groups in total. The first-order chi connectivity index (χ1) is 16.9. The average Bonchev–Trinajstić information content (AvgIpc) is 2.89. The first-order valence-corrected chi connectivity index (χ1v) is 11.4. The normalized spacial score (nSPS) is 11.5. The van der Waals surface area contributed by atoms with Crippen molar-refractivity contribution in [3.8, 4) is 23.0 Å². The molecule has 0 radical (unpaired) electrons. The third kappa shape index (κ3) is 2.89. The molecule has 2 heteroatoms. The van der Waals surface area contributed by atoms with Gasteiger partial charge >= 0.3 is 0 Å². The molecule has 7 rings (SSSR count). The van der Waals surface area contributed by atoms with Gasteiger partial charge in [-0.1, -0.05) is 91.0 Å². The number of hydrogen-bond acceptors (Lipinski definition) is 2. The van der Waals surface area contributed by atoms with Crippen LogP contribution in [-0.4, -0.2) is 0 Å². The van der Waals surface area contributed by atoms with E-state index in [1.54, 1.807) is 0 Å². The number of hydrogen-bond donors (Lipinski definition) is 0. The third-order valence-electron chi connectivity index (χ3n) is 6.48. The van der Waals surface area contributed by atoms with E-state index in [4.69, 9.17) is 9.47 Å². The minimum Gasteiger partial charge on any atom is -0.453 e. The van der Waals surface area contributed by atoms with Crippen molar-refractivity contribution in [2.75, 3.05) is 0 Å². The highest BCUT2D eigenvalue weighted by atomic mass is 16.5. The van der Waals surface area contributed by atoms with E-state index in [0.717, 1.165) is 28.0 Å². The number of ether oxygens (including phenoxy) is 2. The average molecular weight is 437 g/mol. The van der Waals surface area contributed by atoms with Crippen molar-refractivity contribution >= 4 is 43.1 Å². The van der Waals surface area contributed by atoms with E-state index in [0.29, 0.717) is 5.75 Å². The summed E-state index contributed by atoms with van der Waals surface area (Å²) in [4.78, 5) is 0. The van der Waals surface area contributed by atoms with Crippen LogP contribution in [0.3, 0.4) is 0 Å². The quantitative estimate of drug-likeness (QED) is 0.202. The van der Waals surface area contributed by atoms with Crippen molar-refractivity contribution < 1.29 is 9.47 Å². The van der Waals surface area contributed by atoms with Crippen LogP contribution in [0, 0.1) is 0 Å². The summed E-state index contributed by atoms with van der Waals surface area (Å²) < 4.78 is 13.1. The third-order valence-corrected chi connectivity index (χ3v) is 6.48. The standard InChI is InChI=1S/C32H20O2/c1-3-13-23(14-4-1)33-28-20-22-12-9-18-26-25-17-7-10-21-11-8-19-27(29(21)25)31(30(22)26)32(28)34-24-15-5-2-6-16-24/h1-20H. The molecule has 0 saturated heterocycles. The van der Waals surface area contributed by atoms with Gasteiger partial charge in [-0.05, 0) is 62.6 Å². The first-order valence-electron chi connectivity index (χ1n) is 11.4. The fourth-order valence-corrected chi connectivity index (χ4v) is 5.07. The van der Waals surface area contributed by atoms with Gasteiger partial charge in [0.2, 0.25) is 0 Å². The van der Waals surface area contributed by atoms with Crippen LogP contribution < -0.4 is 9.47 Å². The SMILES string of the molecule is c1ccc(Oc2cc3cccc4c5cccc6cccc(c(c2Oc2ccccc2)c34)c65)cc1. The van der Waals surface area contributed by atoms with Gasteiger partial charge in [0, 0.05) is 10.8 Å². The minimum absolute atomic E-state index is 0.700. The van der Waals surface area contributed by atoms with Gasteiger partial charge in [-0.25, -0.2) is 0 Å². The molecule has 0 aliphatic heterocycles. The van der Waals surface area contributed by atoms with Crippen LogP contribution in [0.1, 0.15) is 0 Å². The molecule has 0 aliphatic rings. The molecule has 7 aromatic rings. The molecule has 0 amide bonds. The second-order valence-electron chi connectivity index (χ2n) is 8.52. The summed E-state index contributed by atoms with van der Waals surface area (Å²) in [5.74, 6) is 2.99. The van der Waals surface area contributed by atoms with Gasteiger partial charge in [-0.2, -0.15) is 0 Å². The largest absolute Gasteiger partial charge is 0.453 e. The van der Waals surface area contributed by atoms with Gasteiger partial charge in [-0.15, -0.1) is 0 Å². The molecule has 0 unspecified atom stereocenters. The second-order valence-corrected chi connectivity index (χ2v) is 8.52. The Morgan fingerprint density at radius 3 is 1.62 bits per heavy atom. The van der Waals surface area contributed by atoms with E-state index in [1.165, 1.54) is 32.3 Å². The van der Waals surface area contributed by atoms with E-state index in [1.807, 2.05) is 60.7 Å². The van der Waals surface area contributed by atoms with Gasteiger partial charge < -0.3 is 9.47 Å². The Labute approximate surface area is 196 Å². The molecule has 0 heterocycles. The lowest BCUT2D eigenvalue weighted by Gasteiger charge is -2.20. The van der Waals surface area contributed by atoms with E-state index in [9.17, 15) is 0 Å². The fraction of sp³-hybridized carbons (Fsp3) is 0. The van der Waals surface area contributed by atoms with Gasteiger partial charge in [0.05, 0.1) is 0 Å². The number of benzene rings is 7. The summed E-state index contributed by atoms with van der Waals surface area (Å²) in [7, 11) is 0. The summed E-state index contributed by atoms with van der Waals surface area (Å²) >= 11 is 0. The molecule has 0 saturated carbocycles. The molecular weight excluding hydrogens is 416 g/mol. The van der Waals surface area contributed by atoms with Crippen molar-refractivity contribution in [2.24, 2.45) is 0 Å². The summed E-state index contributed by atoms with van der Waals surface area (Å²) in [5.41, 5.74) is 0. The van der Waals surface area contributed by atoms with Crippen molar-refractivity contribution in [2.45, 2.75) is 0 Å². The maximum absolute atomic E-state index is 6.62. The fourth-order valence-electron chi connectivity index (χ4n) is 5.07. The maximum Gasteiger partial charge on any atom is 0.178 e. The molecule has 160 valence electrons. The number of fused-ring (bicyclic) bond motifs is 2. The molecule has 2 nitrogen and oxygen atoms in total. The molecule has 0 aliphatic carbocycles. The smallest absolute Gasteiger partial charge is 0.178 e. The second kappa shape index (κ2) is 7.50. The zero-order valence-corrected chi connectivity index (χ0v) is 18.4. The highest BCUT2D eigenvalue weighted by molar-refractivity contribution is 6.34.